The van der Waals surface area contributed by atoms with Gasteiger partial charge in [0.1, 0.15) is 0 Å². The third kappa shape index (κ3) is 3.53. The fourth-order valence-corrected chi connectivity index (χ4v) is 3.10. The number of nitrogens with zero attached hydrogens (tertiary/aromatic N) is 1. The van der Waals surface area contributed by atoms with Crippen LogP contribution in [0.15, 0.2) is 18.2 Å². The predicted molar refractivity (Wildman–Crippen MR) is 77.6 cm³/mol. The number of halogens is 1. The van der Waals surface area contributed by atoms with Gasteiger partial charge in [0, 0.05) is 6.54 Å². The number of piperidine rings is 1. The van der Waals surface area contributed by atoms with Crippen molar-refractivity contribution in [3.63, 3.8) is 0 Å². The highest BCUT2D eigenvalue weighted by molar-refractivity contribution is 5.74. The van der Waals surface area contributed by atoms with E-state index in [-0.39, 0.29) is 5.75 Å². The lowest BCUT2D eigenvalue weighted by molar-refractivity contribution is -0.152. The largest absolute Gasteiger partial charge is 0.505 e. The van der Waals surface area contributed by atoms with Crippen LogP contribution >= 0.6 is 0 Å². The van der Waals surface area contributed by atoms with Crippen LogP contribution in [0.25, 0.3) is 0 Å². The van der Waals surface area contributed by atoms with Gasteiger partial charge in [-0.15, -0.1) is 0 Å². The Hall–Kier alpha value is -1.62. The fourth-order valence-electron chi connectivity index (χ4n) is 3.10. The van der Waals surface area contributed by atoms with Gasteiger partial charge in [0.2, 0.25) is 0 Å². The van der Waals surface area contributed by atoms with Crippen LogP contribution in [-0.4, -0.2) is 34.2 Å². The highest BCUT2D eigenvalue weighted by atomic mass is 19.1. The van der Waals surface area contributed by atoms with Crippen molar-refractivity contribution < 1.29 is 19.4 Å². The highest BCUT2D eigenvalue weighted by Crippen LogP contribution is 2.36. The van der Waals surface area contributed by atoms with Crippen LogP contribution in [0, 0.1) is 11.2 Å². The molecule has 1 heterocycles. The molecule has 1 saturated heterocycles. The van der Waals surface area contributed by atoms with Crippen LogP contribution in [0.1, 0.15) is 38.2 Å². The number of carboxylic acids is 1. The molecule has 0 saturated carbocycles. The molecule has 0 radical (unpaired) electrons. The van der Waals surface area contributed by atoms with Gasteiger partial charge in [-0.05, 0) is 50.0 Å². The van der Waals surface area contributed by atoms with Crippen molar-refractivity contribution >= 4 is 5.97 Å². The molecule has 1 fully saturated rings. The summed E-state index contributed by atoms with van der Waals surface area (Å²) in [5.74, 6) is -1.65. The smallest absolute Gasteiger partial charge is 0.309 e. The Morgan fingerprint density at radius 1 is 1.38 bits per heavy atom. The van der Waals surface area contributed by atoms with Gasteiger partial charge in [-0.2, -0.15) is 0 Å². The Bertz CT molecular complexity index is 510. The number of carbonyl (C=O) groups is 1. The van der Waals surface area contributed by atoms with Crippen LogP contribution in [0.4, 0.5) is 4.39 Å². The molecule has 21 heavy (non-hydrogen) atoms. The number of likely N-dealkylation sites (tertiary alicyclic amines) is 1. The summed E-state index contributed by atoms with van der Waals surface area (Å²) in [6, 6.07) is 4.39. The molecule has 0 aromatic heterocycles. The number of aliphatic carboxylic acids is 1. The minimum Gasteiger partial charge on any atom is -0.505 e. The second-order valence-corrected chi connectivity index (χ2v) is 5.90. The maximum atomic E-state index is 13.3. The summed E-state index contributed by atoms with van der Waals surface area (Å²) in [6.07, 6.45) is 2.85. The Kier molecular flexibility index (Phi) is 4.83. The number of hydrogen-bond acceptors (Lipinski definition) is 3. The van der Waals surface area contributed by atoms with Crippen LogP contribution < -0.4 is 0 Å². The molecule has 0 bridgehead atoms. The molecule has 0 unspecified atom stereocenters. The van der Waals surface area contributed by atoms with Gasteiger partial charge in [-0.25, -0.2) is 4.39 Å². The first-order chi connectivity index (χ1) is 9.97. The minimum absolute atomic E-state index is 0.342. The summed E-state index contributed by atoms with van der Waals surface area (Å²) in [6.45, 7) is 4.00. The molecule has 0 amide bonds. The average Bonchev–Trinajstić information content (AvgIpc) is 2.45. The van der Waals surface area contributed by atoms with Crippen molar-refractivity contribution in [2.45, 2.75) is 39.2 Å². The number of rotatable bonds is 5. The molecule has 2 N–H and O–H groups in total. The van der Waals surface area contributed by atoms with Crippen molar-refractivity contribution in [1.29, 1.82) is 0 Å². The summed E-state index contributed by atoms with van der Waals surface area (Å²) in [4.78, 5) is 13.7. The Morgan fingerprint density at radius 3 is 2.57 bits per heavy atom. The van der Waals surface area contributed by atoms with Crippen molar-refractivity contribution in [2.24, 2.45) is 5.41 Å². The number of aromatic hydroxyl groups is 1. The molecule has 2 rings (SSSR count). The molecule has 1 aromatic carbocycles. The Balaban J connectivity index is 1.97. The van der Waals surface area contributed by atoms with E-state index in [0.29, 0.717) is 38.9 Å². The summed E-state index contributed by atoms with van der Waals surface area (Å²) in [5.41, 5.74) is 0.203. The monoisotopic (exact) mass is 295 g/mol. The molecular weight excluding hydrogens is 273 g/mol. The van der Waals surface area contributed by atoms with Crippen molar-refractivity contribution in [1.82, 2.24) is 4.90 Å². The quantitative estimate of drug-likeness (QED) is 0.876. The number of hydrogen-bond donors (Lipinski definition) is 2. The molecule has 0 aliphatic carbocycles. The molecular formula is C16H22FNO3. The molecule has 0 atom stereocenters. The van der Waals surface area contributed by atoms with E-state index in [0.717, 1.165) is 12.0 Å². The third-order valence-electron chi connectivity index (χ3n) is 4.41. The van der Waals surface area contributed by atoms with Crippen molar-refractivity contribution in [3.8, 4) is 5.75 Å². The average molecular weight is 295 g/mol. The van der Waals surface area contributed by atoms with Crippen molar-refractivity contribution in [2.75, 3.05) is 13.1 Å². The lowest BCUT2D eigenvalue weighted by Gasteiger charge is -2.38. The second-order valence-electron chi connectivity index (χ2n) is 5.90. The topological polar surface area (TPSA) is 60.8 Å². The molecule has 1 aliphatic rings. The van der Waals surface area contributed by atoms with E-state index in [2.05, 4.69) is 4.90 Å². The summed E-state index contributed by atoms with van der Waals surface area (Å²) in [7, 11) is 0. The predicted octanol–water partition coefficient (Wildman–Crippen LogP) is 3.00. The molecule has 1 aromatic rings. The van der Waals surface area contributed by atoms with Gasteiger partial charge in [0.25, 0.3) is 0 Å². The molecule has 1 aliphatic heterocycles. The van der Waals surface area contributed by atoms with Crippen LogP contribution in [-0.2, 0) is 11.3 Å². The first kappa shape index (κ1) is 15.8. The fraction of sp³-hybridized carbons (Fsp3) is 0.562. The molecule has 0 spiro atoms. The summed E-state index contributed by atoms with van der Waals surface area (Å²) >= 11 is 0. The standard InChI is InChI=1S/C16H22FNO3/c1-2-5-16(15(20)21)6-8-18(9-7-16)11-12-3-4-14(19)13(17)10-12/h3-4,10,19H,2,5-9,11H2,1H3,(H,20,21). The normalized spacial score (nSPS) is 18.6. The molecule has 116 valence electrons. The van der Waals surface area contributed by atoms with E-state index in [9.17, 15) is 19.4 Å². The van der Waals surface area contributed by atoms with E-state index in [1.54, 1.807) is 6.07 Å². The zero-order chi connectivity index (χ0) is 15.5. The zero-order valence-electron chi connectivity index (χ0n) is 12.3. The number of phenolic OH excluding ortho intramolecular Hbond substituents is 1. The van der Waals surface area contributed by atoms with Crippen LogP contribution in [0.5, 0.6) is 5.75 Å². The lowest BCUT2D eigenvalue weighted by Crippen LogP contribution is -2.44. The van der Waals surface area contributed by atoms with Crippen LogP contribution in [0.2, 0.25) is 0 Å². The van der Waals surface area contributed by atoms with Crippen molar-refractivity contribution in [3.05, 3.63) is 29.6 Å². The summed E-state index contributed by atoms with van der Waals surface area (Å²) < 4.78 is 13.3. The van der Waals surface area contributed by atoms with E-state index in [1.807, 2.05) is 6.92 Å². The lowest BCUT2D eigenvalue weighted by atomic mass is 9.75. The zero-order valence-corrected chi connectivity index (χ0v) is 12.3. The highest BCUT2D eigenvalue weighted by Gasteiger charge is 2.40. The number of phenols is 1. The van der Waals surface area contributed by atoms with E-state index in [4.69, 9.17) is 0 Å². The number of carboxylic acid groups (broad SMARTS) is 1. The Morgan fingerprint density at radius 2 is 2.05 bits per heavy atom. The van der Waals surface area contributed by atoms with Gasteiger partial charge in [0.15, 0.2) is 11.6 Å². The SMILES string of the molecule is CCCC1(C(=O)O)CCN(Cc2ccc(O)c(F)c2)CC1. The van der Waals surface area contributed by atoms with Gasteiger partial charge in [-0.3, -0.25) is 9.69 Å². The van der Waals surface area contributed by atoms with E-state index < -0.39 is 17.2 Å². The maximum absolute atomic E-state index is 13.3. The van der Waals surface area contributed by atoms with Gasteiger partial charge < -0.3 is 10.2 Å². The maximum Gasteiger partial charge on any atom is 0.309 e. The first-order valence-electron chi connectivity index (χ1n) is 7.40. The number of benzene rings is 1. The van der Waals surface area contributed by atoms with Gasteiger partial charge >= 0.3 is 5.97 Å². The molecule has 4 nitrogen and oxygen atoms in total. The van der Waals surface area contributed by atoms with Gasteiger partial charge in [0.05, 0.1) is 5.41 Å². The first-order valence-corrected chi connectivity index (χ1v) is 7.40. The minimum atomic E-state index is -0.695. The van der Waals surface area contributed by atoms with Gasteiger partial charge in [-0.1, -0.05) is 19.4 Å². The Labute approximate surface area is 124 Å². The second kappa shape index (κ2) is 6.43. The van der Waals surface area contributed by atoms with Crippen LogP contribution in [0.3, 0.4) is 0 Å². The van der Waals surface area contributed by atoms with E-state index >= 15 is 0 Å². The summed E-state index contributed by atoms with van der Waals surface area (Å²) in [5, 5.41) is 18.7. The van der Waals surface area contributed by atoms with E-state index in [1.165, 1.54) is 12.1 Å². The third-order valence-corrected chi connectivity index (χ3v) is 4.41. The molecule has 5 heteroatoms.